The third-order valence-electron chi connectivity index (χ3n) is 4.25. The van der Waals surface area contributed by atoms with Gasteiger partial charge in [0.25, 0.3) is 0 Å². The van der Waals surface area contributed by atoms with Gasteiger partial charge in [-0.15, -0.1) is 0 Å². The van der Waals surface area contributed by atoms with Gasteiger partial charge in [-0.2, -0.15) is 5.10 Å². The maximum atomic E-state index is 11.8. The zero-order valence-electron chi connectivity index (χ0n) is 16.3. The van der Waals surface area contributed by atoms with Gasteiger partial charge < -0.3 is 14.3 Å². The van der Waals surface area contributed by atoms with E-state index in [1.54, 1.807) is 4.52 Å². The van der Waals surface area contributed by atoms with Crippen LogP contribution < -0.4 is 4.74 Å². The summed E-state index contributed by atoms with van der Waals surface area (Å²) in [7, 11) is 1.37. The average Bonchev–Trinajstić information content (AvgIpc) is 3.29. The Morgan fingerprint density at radius 3 is 2.57 bits per heavy atom. The highest BCUT2D eigenvalue weighted by Gasteiger charge is 2.17. The second-order valence-corrected chi connectivity index (χ2v) is 7.20. The molecule has 0 unspecified atom stereocenters. The van der Waals surface area contributed by atoms with Gasteiger partial charge in [-0.25, -0.2) is 9.50 Å². The number of nitrogens with zero attached hydrogens (tertiary/aromatic N) is 4. The van der Waals surface area contributed by atoms with Crippen molar-refractivity contribution in [3.8, 4) is 22.1 Å². The van der Waals surface area contributed by atoms with Crippen molar-refractivity contribution in [3.63, 3.8) is 0 Å². The van der Waals surface area contributed by atoms with Crippen molar-refractivity contribution < 1.29 is 19.1 Å². The summed E-state index contributed by atoms with van der Waals surface area (Å²) < 4.78 is 12.4. The molecule has 0 aliphatic carbocycles. The normalized spacial score (nSPS) is 11.1. The summed E-state index contributed by atoms with van der Waals surface area (Å²) in [6, 6.07) is 17.3. The number of ether oxygens (including phenoxy) is 2. The molecule has 8 nitrogen and oxygen atoms in total. The van der Waals surface area contributed by atoms with E-state index < -0.39 is 5.97 Å². The van der Waals surface area contributed by atoms with Gasteiger partial charge in [0.2, 0.25) is 11.4 Å². The van der Waals surface area contributed by atoms with E-state index in [1.807, 2.05) is 61.5 Å². The maximum Gasteiger partial charge on any atom is 0.318 e. The highest BCUT2D eigenvalue weighted by atomic mass is 32.1. The highest BCUT2D eigenvalue weighted by molar-refractivity contribution is 7.19. The lowest BCUT2D eigenvalue weighted by Crippen LogP contribution is -2.08. The molecule has 0 atom stereocenters. The first kappa shape index (κ1) is 19.6. The molecule has 4 rings (SSSR count). The van der Waals surface area contributed by atoms with Crippen LogP contribution in [0.25, 0.3) is 15.5 Å². The van der Waals surface area contributed by atoms with E-state index in [9.17, 15) is 4.79 Å². The fourth-order valence-corrected chi connectivity index (χ4v) is 3.74. The van der Waals surface area contributed by atoms with Crippen LogP contribution in [-0.2, 0) is 20.8 Å². The van der Waals surface area contributed by atoms with E-state index in [0.29, 0.717) is 10.7 Å². The number of imidazole rings is 1. The topological polar surface area (TPSA) is 87.3 Å². The largest absolute Gasteiger partial charge is 0.457 e. The van der Waals surface area contributed by atoms with E-state index in [0.717, 1.165) is 34.2 Å². The number of rotatable bonds is 7. The molecule has 0 aliphatic rings. The van der Waals surface area contributed by atoms with E-state index in [2.05, 4.69) is 20.1 Å². The van der Waals surface area contributed by atoms with Gasteiger partial charge in [-0.1, -0.05) is 34.7 Å². The molecule has 0 aliphatic heterocycles. The van der Waals surface area contributed by atoms with Gasteiger partial charge >= 0.3 is 5.97 Å². The van der Waals surface area contributed by atoms with Crippen LogP contribution in [0.5, 0.6) is 11.5 Å². The predicted octanol–water partition coefficient (Wildman–Crippen LogP) is 4.23. The fourth-order valence-electron chi connectivity index (χ4n) is 2.77. The SMILES string of the molecule is CON=COC(=O)Cc1nc2sc(-c3ccc(Oc4ccccc4)cc3)nn2c1C. The Morgan fingerprint density at radius 2 is 1.87 bits per heavy atom. The zero-order chi connectivity index (χ0) is 20.9. The molecule has 0 radical (unpaired) electrons. The smallest absolute Gasteiger partial charge is 0.318 e. The second-order valence-electron chi connectivity index (χ2n) is 6.25. The van der Waals surface area contributed by atoms with Gasteiger partial charge in [0, 0.05) is 5.56 Å². The van der Waals surface area contributed by atoms with E-state index in [1.165, 1.54) is 18.4 Å². The minimum Gasteiger partial charge on any atom is -0.457 e. The van der Waals surface area contributed by atoms with Crippen LogP contribution in [-0.4, -0.2) is 34.1 Å². The Bertz CT molecular complexity index is 1180. The summed E-state index contributed by atoms with van der Waals surface area (Å²) in [6.07, 6.45) is 0.982. The van der Waals surface area contributed by atoms with Crippen LogP contribution in [0, 0.1) is 6.92 Å². The number of aromatic nitrogens is 3. The van der Waals surface area contributed by atoms with Crippen LogP contribution in [0.15, 0.2) is 59.8 Å². The highest BCUT2D eigenvalue weighted by Crippen LogP contribution is 2.29. The number of carbonyl (C=O) groups excluding carboxylic acids is 1. The van der Waals surface area contributed by atoms with Crippen molar-refractivity contribution in [1.82, 2.24) is 14.6 Å². The lowest BCUT2D eigenvalue weighted by atomic mass is 10.2. The Balaban J connectivity index is 1.49. The average molecular weight is 422 g/mol. The number of carbonyl (C=O) groups is 1. The standard InChI is InChI=1S/C21H18N4O4S/c1-14-18(12-19(26)28-13-22-27-2)23-21-25(14)24-20(30-21)15-8-10-17(11-9-15)29-16-6-4-3-5-7-16/h3-11,13H,12H2,1-2H3. The molecule has 0 spiro atoms. The minimum absolute atomic E-state index is 0.0263. The monoisotopic (exact) mass is 422 g/mol. The van der Waals surface area contributed by atoms with Crippen molar-refractivity contribution in [3.05, 3.63) is 66.0 Å². The molecule has 0 fully saturated rings. The van der Waals surface area contributed by atoms with Crippen molar-refractivity contribution in [2.45, 2.75) is 13.3 Å². The number of hydrogen-bond acceptors (Lipinski definition) is 8. The summed E-state index contributed by atoms with van der Waals surface area (Å²) >= 11 is 1.45. The van der Waals surface area contributed by atoms with Crippen molar-refractivity contribution in [1.29, 1.82) is 0 Å². The number of para-hydroxylation sites is 1. The molecule has 2 aromatic heterocycles. The molecular weight excluding hydrogens is 404 g/mol. The molecule has 0 N–H and O–H groups in total. The Kier molecular flexibility index (Phi) is 5.71. The van der Waals surface area contributed by atoms with Crippen molar-refractivity contribution in [2.24, 2.45) is 5.16 Å². The van der Waals surface area contributed by atoms with E-state index in [4.69, 9.17) is 9.47 Å². The van der Waals surface area contributed by atoms with Crippen LogP contribution in [0.2, 0.25) is 0 Å². The summed E-state index contributed by atoms with van der Waals surface area (Å²) in [6.45, 7) is 1.87. The molecule has 0 amide bonds. The fraction of sp³-hybridized carbons (Fsp3) is 0.143. The number of aryl methyl sites for hydroxylation is 1. The molecule has 2 heterocycles. The first-order valence-electron chi connectivity index (χ1n) is 9.07. The first-order valence-corrected chi connectivity index (χ1v) is 9.88. The Morgan fingerprint density at radius 1 is 1.13 bits per heavy atom. The lowest BCUT2D eigenvalue weighted by molar-refractivity contribution is -0.134. The van der Waals surface area contributed by atoms with Gasteiger partial charge in [0.15, 0.2) is 0 Å². The van der Waals surface area contributed by atoms with E-state index >= 15 is 0 Å². The first-order chi connectivity index (χ1) is 14.6. The van der Waals surface area contributed by atoms with Gasteiger partial charge in [0.05, 0.1) is 17.8 Å². The van der Waals surface area contributed by atoms with Crippen LogP contribution >= 0.6 is 11.3 Å². The zero-order valence-corrected chi connectivity index (χ0v) is 17.1. The number of esters is 1. The molecule has 0 saturated carbocycles. The second kappa shape index (κ2) is 8.75. The quantitative estimate of drug-likeness (QED) is 0.192. The summed E-state index contributed by atoms with van der Waals surface area (Å²) in [5.74, 6) is 1.06. The minimum atomic E-state index is -0.473. The molecule has 9 heteroatoms. The molecular formula is C21H18N4O4S. The van der Waals surface area contributed by atoms with Crippen LogP contribution in [0.1, 0.15) is 11.4 Å². The predicted molar refractivity (Wildman–Crippen MR) is 113 cm³/mol. The Labute approximate surface area is 176 Å². The van der Waals surface area contributed by atoms with Gasteiger partial charge in [0.1, 0.15) is 23.6 Å². The third kappa shape index (κ3) is 4.31. The molecule has 152 valence electrons. The molecule has 0 saturated heterocycles. The van der Waals surface area contributed by atoms with Gasteiger partial charge in [-0.05, 0) is 43.3 Å². The summed E-state index contributed by atoms with van der Waals surface area (Å²) in [5, 5.41) is 8.83. The lowest BCUT2D eigenvalue weighted by Gasteiger charge is -2.05. The van der Waals surface area contributed by atoms with E-state index in [-0.39, 0.29) is 6.42 Å². The van der Waals surface area contributed by atoms with Crippen molar-refractivity contribution in [2.75, 3.05) is 7.11 Å². The van der Waals surface area contributed by atoms with Gasteiger partial charge in [-0.3, -0.25) is 4.79 Å². The summed E-state index contributed by atoms with van der Waals surface area (Å²) in [5.41, 5.74) is 2.36. The third-order valence-corrected chi connectivity index (χ3v) is 5.21. The molecule has 30 heavy (non-hydrogen) atoms. The number of oxime groups is 1. The molecule has 2 aromatic carbocycles. The molecule has 4 aromatic rings. The number of hydrogen-bond donors (Lipinski definition) is 0. The number of fused-ring (bicyclic) bond motifs is 1. The summed E-state index contributed by atoms with van der Waals surface area (Å²) in [4.78, 5) is 21.5. The molecule has 0 bridgehead atoms. The van der Waals surface area contributed by atoms with Crippen LogP contribution in [0.3, 0.4) is 0 Å². The maximum absolute atomic E-state index is 11.8. The van der Waals surface area contributed by atoms with Crippen molar-refractivity contribution >= 4 is 28.7 Å². The van der Waals surface area contributed by atoms with Crippen LogP contribution in [0.4, 0.5) is 0 Å². The Hall–Kier alpha value is -3.72. The number of benzene rings is 2.